The molecule has 1 N–H and O–H groups in total. The Morgan fingerprint density at radius 2 is 1.94 bits per heavy atom. The molecule has 4 heteroatoms. The number of rotatable bonds is 3. The molecule has 84 valence electrons. The van der Waals surface area contributed by atoms with E-state index in [1.54, 1.807) is 11.3 Å². The van der Waals surface area contributed by atoms with Gasteiger partial charge in [-0.1, -0.05) is 0 Å². The first-order valence-corrected chi connectivity index (χ1v) is 6.20. The third kappa shape index (κ3) is 2.58. The van der Waals surface area contributed by atoms with E-state index in [1.807, 2.05) is 19.9 Å². The molecule has 0 bridgehead atoms. The van der Waals surface area contributed by atoms with Gasteiger partial charge >= 0.3 is 0 Å². The zero-order valence-electron chi connectivity index (χ0n) is 9.69. The van der Waals surface area contributed by atoms with Crippen LogP contribution in [-0.2, 0) is 0 Å². The van der Waals surface area contributed by atoms with Crippen molar-refractivity contribution in [2.75, 3.05) is 5.32 Å². The average molecular weight is 233 g/mol. The monoisotopic (exact) mass is 233 g/mol. The number of hydrogen-bond donors (Lipinski definition) is 1. The quantitative estimate of drug-likeness (QED) is 0.883. The molecular weight excluding hydrogens is 218 g/mol. The van der Waals surface area contributed by atoms with Gasteiger partial charge < -0.3 is 5.32 Å². The van der Waals surface area contributed by atoms with Crippen molar-refractivity contribution in [3.05, 3.63) is 39.8 Å². The molecule has 2 aromatic heterocycles. The lowest BCUT2D eigenvalue weighted by Gasteiger charge is -2.13. The van der Waals surface area contributed by atoms with Crippen molar-refractivity contribution in [2.45, 2.75) is 26.8 Å². The van der Waals surface area contributed by atoms with E-state index < -0.39 is 0 Å². The highest BCUT2D eigenvalue weighted by Gasteiger charge is 2.07. The van der Waals surface area contributed by atoms with Crippen molar-refractivity contribution >= 4 is 17.3 Å². The molecule has 3 nitrogen and oxygen atoms in total. The summed E-state index contributed by atoms with van der Waals surface area (Å²) in [7, 11) is 0. The number of nitrogens with one attached hydrogen (secondary N) is 1. The second-order valence-corrected chi connectivity index (χ2v) is 4.68. The van der Waals surface area contributed by atoms with Crippen molar-refractivity contribution < 1.29 is 0 Å². The van der Waals surface area contributed by atoms with Crippen LogP contribution in [-0.4, -0.2) is 9.97 Å². The van der Waals surface area contributed by atoms with Crippen LogP contribution in [0.1, 0.15) is 29.9 Å². The second kappa shape index (κ2) is 4.61. The topological polar surface area (TPSA) is 37.8 Å². The summed E-state index contributed by atoms with van der Waals surface area (Å²) >= 11 is 1.70. The van der Waals surface area contributed by atoms with Crippen molar-refractivity contribution in [1.82, 2.24) is 9.97 Å². The standard InChI is InChI=1S/C12H15N3S/c1-8-6-9(2)14-12(13-8)15-10(3)11-4-5-16-7-11/h4-7,10H,1-3H3,(H,13,14,15). The highest BCUT2D eigenvalue weighted by Crippen LogP contribution is 2.19. The minimum atomic E-state index is 0.243. The Morgan fingerprint density at radius 3 is 2.50 bits per heavy atom. The Hall–Kier alpha value is -1.42. The van der Waals surface area contributed by atoms with Crippen molar-refractivity contribution in [2.24, 2.45) is 0 Å². The third-order valence-electron chi connectivity index (χ3n) is 2.37. The summed E-state index contributed by atoms with van der Waals surface area (Å²) in [5.41, 5.74) is 3.26. The highest BCUT2D eigenvalue weighted by molar-refractivity contribution is 7.07. The Balaban J connectivity index is 2.15. The number of nitrogens with zero attached hydrogens (tertiary/aromatic N) is 2. The molecule has 2 rings (SSSR count). The molecule has 2 aromatic rings. The van der Waals surface area contributed by atoms with E-state index in [2.05, 4.69) is 39.0 Å². The van der Waals surface area contributed by atoms with Crippen LogP contribution in [0.15, 0.2) is 22.9 Å². The highest BCUT2D eigenvalue weighted by atomic mass is 32.1. The molecule has 0 aliphatic carbocycles. The maximum absolute atomic E-state index is 4.37. The lowest BCUT2D eigenvalue weighted by atomic mass is 10.2. The van der Waals surface area contributed by atoms with Crippen molar-refractivity contribution in [3.63, 3.8) is 0 Å². The summed E-state index contributed by atoms with van der Waals surface area (Å²) in [6, 6.07) is 4.33. The minimum Gasteiger partial charge on any atom is -0.348 e. The lowest BCUT2D eigenvalue weighted by molar-refractivity contribution is 0.857. The van der Waals surface area contributed by atoms with E-state index in [0.717, 1.165) is 11.4 Å². The lowest BCUT2D eigenvalue weighted by Crippen LogP contribution is -2.09. The van der Waals surface area contributed by atoms with Gasteiger partial charge in [-0.05, 0) is 49.2 Å². The van der Waals surface area contributed by atoms with Gasteiger partial charge in [0.1, 0.15) is 0 Å². The Bertz CT molecular complexity index is 445. The first kappa shape index (κ1) is 11.1. The number of aromatic nitrogens is 2. The molecule has 0 radical (unpaired) electrons. The summed E-state index contributed by atoms with van der Waals surface area (Å²) in [6.45, 7) is 6.08. The fourth-order valence-electron chi connectivity index (χ4n) is 1.59. The fourth-order valence-corrected chi connectivity index (χ4v) is 2.34. The predicted molar refractivity (Wildman–Crippen MR) is 67.9 cm³/mol. The van der Waals surface area contributed by atoms with Gasteiger partial charge in [0.25, 0.3) is 0 Å². The molecule has 1 atom stereocenters. The van der Waals surface area contributed by atoms with Crippen molar-refractivity contribution in [3.8, 4) is 0 Å². The molecule has 1 unspecified atom stereocenters. The zero-order valence-corrected chi connectivity index (χ0v) is 10.5. The molecule has 0 saturated carbocycles. The van der Waals surface area contributed by atoms with Crippen LogP contribution < -0.4 is 5.32 Å². The summed E-state index contributed by atoms with van der Waals surface area (Å²) in [5.74, 6) is 0.705. The van der Waals surface area contributed by atoms with Crippen molar-refractivity contribution in [1.29, 1.82) is 0 Å². The van der Waals surface area contributed by atoms with E-state index in [4.69, 9.17) is 0 Å². The van der Waals surface area contributed by atoms with Crippen LogP contribution in [0.5, 0.6) is 0 Å². The van der Waals surface area contributed by atoms with Gasteiger partial charge in [0.05, 0.1) is 6.04 Å². The SMILES string of the molecule is Cc1cc(C)nc(NC(C)c2ccsc2)n1. The number of thiophene rings is 1. The van der Waals surface area contributed by atoms with Crippen LogP contribution in [0, 0.1) is 13.8 Å². The van der Waals surface area contributed by atoms with Gasteiger partial charge in [0.2, 0.25) is 5.95 Å². The summed E-state index contributed by atoms with van der Waals surface area (Å²) < 4.78 is 0. The fraction of sp³-hybridized carbons (Fsp3) is 0.333. The molecule has 0 aromatic carbocycles. The van der Waals surface area contributed by atoms with Gasteiger partial charge in [-0.15, -0.1) is 0 Å². The predicted octanol–water partition coefficient (Wildman–Crippen LogP) is 3.33. The molecule has 2 heterocycles. The van der Waals surface area contributed by atoms with Gasteiger partial charge in [0, 0.05) is 11.4 Å². The van der Waals surface area contributed by atoms with E-state index in [1.165, 1.54) is 5.56 Å². The Labute approximate surface area is 99.6 Å². The van der Waals surface area contributed by atoms with Gasteiger partial charge in [-0.2, -0.15) is 11.3 Å². The molecule has 0 saturated heterocycles. The summed E-state index contributed by atoms with van der Waals surface area (Å²) in [5, 5.41) is 7.53. The zero-order chi connectivity index (χ0) is 11.5. The maximum Gasteiger partial charge on any atom is 0.223 e. The average Bonchev–Trinajstić information content (AvgIpc) is 2.68. The first-order chi connectivity index (χ1) is 7.65. The second-order valence-electron chi connectivity index (χ2n) is 3.90. The van der Waals surface area contributed by atoms with E-state index in [9.17, 15) is 0 Å². The van der Waals surface area contributed by atoms with E-state index in [-0.39, 0.29) is 6.04 Å². The van der Waals surface area contributed by atoms with Gasteiger partial charge in [-0.3, -0.25) is 0 Å². The number of aryl methyl sites for hydroxylation is 2. The van der Waals surface area contributed by atoms with Gasteiger partial charge in [0.15, 0.2) is 0 Å². The largest absolute Gasteiger partial charge is 0.348 e. The normalized spacial score (nSPS) is 12.4. The molecule has 0 aliphatic rings. The molecule has 16 heavy (non-hydrogen) atoms. The maximum atomic E-state index is 4.37. The molecule has 0 fully saturated rings. The third-order valence-corrected chi connectivity index (χ3v) is 3.07. The summed E-state index contributed by atoms with van der Waals surface area (Å²) in [4.78, 5) is 8.73. The number of anilines is 1. The first-order valence-electron chi connectivity index (χ1n) is 5.26. The molecule has 0 amide bonds. The van der Waals surface area contributed by atoms with Crippen LogP contribution in [0.25, 0.3) is 0 Å². The van der Waals surface area contributed by atoms with E-state index in [0.29, 0.717) is 5.95 Å². The van der Waals surface area contributed by atoms with Crippen LogP contribution >= 0.6 is 11.3 Å². The molecule has 0 aliphatic heterocycles. The number of hydrogen-bond acceptors (Lipinski definition) is 4. The Kier molecular flexibility index (Phi) is 3.19. The minimum absolute atomic E-state index is 0.243. The van der Waals surface area contributed by atoms with Crippen LogP contribution in [0.3, 0.4) is 0 Å². The van der Waals surface area contributed by atoms with Gasteiger partial charge in [-0.25, -0.2) is 9.97 Å². The smallest absolute Gasteiger partial charge is 0.223 e. The Morgan fingerprint density at radius 1 is 1.25 bits per heavy atom. The molecular formula is C12H15N3S. The van der Waals surface area contributed by atoms with Crippen LogP contribution in [0.2, 0.25) is 0 Å². The molecule has 0 spiro atoms. The summed E-state index contributed by atoms with van der Waals surface area (Å²) in [6.07, 6.45) is 0. The van der Waals surface area contributed by atoms with Crippen LogP contribution in [0.4, 0.5) is 5.95 Å². The van der Waals surface area contributed by atoms with E-state index >= 15 is 0 Å².